The molecule has 1 aliphatic rings. The standard InChI is InChI=1S/C20H22ClN3O3/c1-23(2)10-5-11-24-17-12-14(8-9-18(17)27-13-19(24)25)22-20(26)15-6-3-4-7-16(15)21/h3-4,6-9,12H,5,10-11,13H2,1-2H3,(H,22,26). The Morgan fingerprint density at radius 2 is 2.04 bits per heavy atom. The molecule has 27 heavy (non-hydrogen) atoms. The number of fused-ring (bicyclic) bond motifs is 1. The first-order valence-corrected chi connectivity index (χ1v) is 9.11. The van der Waals surface area contributed by atoms with Gasteiger partial charge in [0.15, 0.2) is 6.61 Å². The summed E-state index contributed by atoms with van der Waals surface area (Å²) in [4.78, 5) is 28.6. The average molecular weight is 388 g/mol. The van der Waals surface area contributed by atoms with Crippen LogP contribution >= 0.6 is 11.6 Å². The largest absolute Gasteiger partial charge is 0.482 e. The minimum atomic E-state index is -0.303. The van der Waals surface area contributed by atoms with Crippen LogP contribution in [0.4, 0.5) is 11.4 Å². The quantitative estimate of drug-likeness (QED) is 0.826. The fraction of sp³-hybridized carbons (Fsp3) is 0.300. The Morgan fingerprint density at radius 1 is 1.26 bits per heavy atom. The topological polar surface area (TPSA) is 61.9 Å². The zero-order valence-corrected chi connectivity index (χ0v) is 16.1. The summed E-state index contributed by atoms with van der Waals surface area (Å²) in [5, 5.41) is 3.22. The number of nitrogens with zero attached hydrogens (tertiary/aromatic N) is 2. The molecule has 0 aromatic heterocycles. The van der Waals surface area contributed by atoms with Crippen molar-refractivity contribution in [3.8, 4) is 5.75 Å². The van der Waals surface area contributed by atoms with E-state index >= 15 is 0 Å². The lowest BCUT2D eigenvalue weighted by atomic mass is 10.1. The van der Waals surface area contributed by atoms with Gasteiger partial charge in [0.2, 0.25) is 0 Å². The highest BCUT2D eigenvalue weighted by molar-refractivity contribution is 6.34. The summed E-state index contributed by atoms with van der Waals surface area (Å²) in [5.74, 6) is 0.244. The van der Waals surface area contributed by atoms with Gasteiger partial charge in [-0.1, -0.05) is 23.7 Å². The van der Waals surface area contributed by atoms with Crippen molar-refractivity contribution in [2.24, 2.45) is 0 Å². The summed E-state index contributed by atoms with van der Waals surface area (Å²) in [6.45, 7) is 1.50. The molecule has 142 valence electrons. The minimum absolute atomic E-state index is 0.0281. The molecule has 3 rings (SSSR count). The molecule has 2 aromatic carbocycles. The molecule has 0 bridgehead atoms. The van der Waals surface area contributed by atoms with E-state index in [2.05, 4.69) is 10.2 Å². The third-order valence-electron chi connectivity index (χ3n) is 4.27. The van der Waals surface area contributed by atoms with Crippen LogP contribution < -0.4 is 15.0 Å². The fourth-order valence-electron chi connectivity index (χ4n) is 2.91. The summed E-state index contributed by atoms with van der Waals surface area (Å²) in [6.07, 6.45) is 0.842. The lowest BCUT2D eigenvalue weighted by molar-refractivity contribution is -0.121. The Balaban J connectivity index is 1.79. The number of carbonyl (C=O) groups excluding carboxylic acids is 2. The maximum Gasteiger partial charge on any atom is 0.265 e. The van der Waals surface area contributed by atoms with Crippen LogP contribution in [0, 0.1) is 0 Å². The van der Waals surface area contributed by atoms with E-state index in [1.165, 1.54) is 0 Å². The molecule has 0 atom stereocenters. The predicted molar refractivity (Wildman–Crippen MR) is 107 cm³/mol. The van der Waals surface area contributed by atoms with E-state index in [0.29, 0.717) is 34.3 Å². The van der Waals surface area contributed by atoms with E-state index < -0.39 is 0 Å². The summed E-state index contributed by atoms with van der Waals surface area (Å²) in [6, 6.07) is 12.1. The van der Waals surface area contributed by atoms with Crippen LogP contribution in [-0.4, -0.2) is 50.5 Å². The smallest absolute Gasteiger partial charge is 0.265 e. The summed E-state index contributed by atoms with van der Waals surface area (Å²) < 4.78 is 5.52. The molecule has 0 saturated heterocycles. The molecular formula is C20H22ClN3O3. The number of ether oxygens (including phenoxy) is 1. The van der Waals surface area contributed by atoms with Gasteiger partial charge in [-0.3, -0.25) is 9.59 Å². The Morgan fingerprint density at radius 3 is 2.78 bits per heavy atom. The van der Waals surface area contributed by atoms with Crippen LogP contribution in [0.15, 0.2) is 42.5 Å². The van der Waals surface area contributed by atoms with Crippen LogP contribution in [-0.2, 0) is 4.79 Å². The van der Waals surface area contributed by atoms with E-state index in [1.54, 1.807) is 47.4 Å². The second-order valence-electron chi connectivity index (χ2n) is 6.61. The highest BCUT2D eigenvalue weighted by Gasteiger charge is 2.25. The molecule has 1 N–H and O–H groups in total. The molecule has 1 heterocycles. The zero-order valence-electron chi connectivity index (χ0n) is 15.4. The number of benzene rings is 2. The highest BCUT2D eigenvalue weighted by atomic mass is 35.5. The molecule has 7 heteroatoms. The number of carbonyl (C=O) groups is 2. The van der Waals surface area contributed by atoms with Gasteiger partial charge >= 0.3 is 0 Å². The van der Waals surface area contributed by atoms with Gasteiger partial charge < -0.3 is 19.9 Å². The summed E-state index contributed by atoms with van der Waals surface area (Å²) in [7, 11) is 3.99. The van der Waals surface area contributed by atoms with Gasteiger partial charge in [-0.05, 0) is 57.4 Å². The monoisotopic (exact) mass is 387 g/mol. The average Bonchev–Trinajstić information content (AvgIpc) is 2.63. The maximum absolute atomic E-state index is 12.5. The first kappa shape index (κ1) is 19.2. The first-order valence-electron chi connectivity index (χ1n) is 8.73. The van der Waals surface area contributed by atoms with E-state index in [9.17, 15) is 9.59 Å². The number of anilines is 2. The number of amides is 2. The number of halogens is 1. The lowest BCUT2D eigenvalue weighted by Crippen LogP contribution is -2.40. The van der Waals surface area contributed by atoms with Crippen LogP contribution in [0.25, 0.3) is 0 Å². The number of hydrogen-bond acceptors (Lipinski definition) is 4. The molecular weight excluding hydrogens is 366 g/mol. The third kappa shape index (κ3) is 4.59. The van der Waals surface area contributed by atoms with E-state index in [0.717, 1.165) is 13.0 Å². The van der Waals surface area contributed by atoms with E-state index in [1.807, 2.05) is 14.1 Å². The van der Waals surface area contributed by atoms with Crippen LogP contribution in [0.2, 0.25) is 5.02 Å². The predicted octanol–water partition coefficient (Wildman–Crippen LogP) is 3.27. The molecule has 0 spiro atoms. The van der Waals surface area contributed by atoms with Crippen molar-refractivity contribution >= 4 is 34.8 Å². The van der Waals surface area contributed by atoms with Crippen molar-refractivity contribution < 1.29 is 14.3 Å². The molecule has 2 aromatic rings. The van der Waals surface area contributed by atoms with Crippen molar-refractivity contribution in [1.29, 1.82) is 0 Å². The van der Waals surface area contributed by atoms with E-state index in [4.69, 9.17) is 16.3 Å². The Hall–Kier alpha value is -2.57. The SMILES string of the molecule is CN(C)CCCN1C(=O)COc2ccc(NC(=O)c3ccccc3Cl)cc21. The Labute approximate surface area is 163 Å². The highest BCUT2D eigenvalue weighted by Crippen LogP contribution is 2.35. The van der Waals surface area contributed by atoms with Crippen molar-refractivity contribution in [3.63, 3.8) is 0 Å². The van der Waals surface area contributed by atoms with Gasteiger partial charge in [0.05, 0.1) is 16.3 Å². The Bertz CT molecular complexity index is 854. The third-order valence-corrected chi connectivity index (χ3v) is 4.59. The number of hydrogen-bond donors (Lipinski definition) is 1. The fourth-order valence-corrected chi connectivity index (χ4v) is 3.14. The second kappa shape index (κ2) is 8.41. The lowest BCUT2D eigenvalue weighted by Gasteiger charge is -2.30. The number of nitrogens with one attached hydrogen (secondary N) is 1. The Kier molecular flexibility index (Phi) is 5.98. The van der Waals surface area contributed by atoms with Gasteiger partial charge in [-0.2, -0.15) is 0 Å². The first-order chi connectivity index (χ1) is 13.0. The van der Waals surface area contributed by atoms with Crippen LogP contribution in [0.5, 0.6) is 5.75 Å². The molecule has 0 saturated carbocycles. The van der Waals surface area contributed by atoms with Crippen LogP contribution in [0.3, 0.4) is 0 Å². The second-order valence-corrected chi connectivity index (χ2v) is 7.01. The minimum Gasteiger partial charge on any atom is -0.482 e. The zero-order chi connectivity index (χ0) is 19.4. The van der Waals surface area contributed by atoms with Gasteiger partial charge in [0.1, 0.15) is 5.75 Å². The van der Waals surface area contributed by atoms with Gasteiger partial charge in [0.25, 0.3) is 11.8 Å². The summed E-state index contributed by atoms with van der Waals surface area (Å²) in [5.41, 5.74) is 1.64. The molecule has 0 aliphatic carbocycles. The van der Waals surface area contributed by atoms with Crippen molar-refractivity contribution in [3.05, 3.63) is 53.1 Å². The maximum atomic E-state index is 12.5. The molecule has 0 radical (unpaired) electrons. The number of rotatable bonds is 6. The van der Waals surface area contributed by atoms with Crippen molar-refractivity contribution in [2.75, 3.05) is 44.0 Å². The molecule has 0 unspecified atom stereocenters. The molecule has 2 amide bonds. The van der Waals surface area contributed by atoms with E-state index in [-0.39, 0.29) is 18.4 Å². The molecule has 6 nitrogen and oxygen atoms in total. The normalized spacial score (nSPS) is 13.3. The van der Waals surface area contributed by atoms with Gasteiger partial charge in [0, 0.05) is 12.2 Å². The van der Waals surface area contributed by atoms with Crippen molar-refractivity contribution in [2.45, 2.75) is 6.42 Å². The van der Waals surface area contributed by atoms with Crippen LogP contribution in [0.1, 0.15) is 16.8 Å². The molecule has 0 fully saturated rings. The van der Waals surface area contributed by atoms with Gasteiger partial charge in [-0.15, -0.1) is 0 Å². The van der Waals surface area contributed by atoms with Gasteiger partial charge in [-0.25, -0.2) is 0 Å². The summed E-state index contributed by atoms with van der Waals surface area (Å²) >= 11 is 6.09. The molecule has 1 aliphatic heterocycles. The van der Waals surface area contributed by atoms with Crippen molar-refractivity contribution in [1.82, 2.24) is 4.90 Å².